The number of benzene rings is 2. The first-order valence-electron chi connectivity index (χ1n) is 9.66. The molecule has 160 valence electrons. The summed E-state index contributed by atoms with van der Waals surface area (Å²) in [6.45, 7) is 5.43. The van der Waals surface area contributed by atoms with Crippen LogP contribution in [0.1, 0.15) is 17.5 Å². The van der Waals surface area contributed by atoms with Crippen molar-refractivity contribution >= 4 is 55.8 Å². The van der Waals surface area contributed by atoms with Crippen molar-refractivity contribution < 1.29 is 9.53 Å². The van der Waals surface area contributed by atoms with Crippen molar-refractivity contribution in [2.75, 3.05) is 38.7 Å². The van der Waals surface area contributed by atoms with Gasteiger partial charge in [0.1, 0.15) is 5.75 Å². The molecule has 0 aliphatic rings. The van der Waals surface area contributed by atoms with Gasteiger partial charge in [-0.25, -0.2) is 4.98 Å². The van der Waals surface area contributed by atoms with E-state index in [0.717, 1.165) is 28.7 Å². The summed E-state index contributed by atoms with van der Waals surface area (Å²) in [5.74, 6) is 0.270. The molecule has 0 aliphatic carbocycles. The number of carbonyl (C=O) groups excluding carboxylic acids is 1. The van der Waals surface area contributed by atoms with Crippen molar-refractivity contribution in [2.24, 2.45) is 0 Å². The van der Waals surface area contributed by atoms with Crippen molar-refractivity contribution in [3.8, 4) is 5.75 Å². The third-order valence-electron chi connectivity index (χ3n) is 4.84. The predicted molar refractivity (Wildman–Crippen MR) is 127 cm³/mol. The SMILES string of the molecule is Cc1ccc2sc(N(CCCN(C)C)C(=O)COc3ccc(Cl)cc3Cl)nc2c1C. The lowest BCUT2D eigenvalue weighted by Crippen LogP contribution is -2.36. The Morgan fingerprint density at radius 1 is 1.13 bits per heavy atom. The third kappa shape index (κ3) is 5.43. The number of anilines is 1. The highest BCUT2D eigenvalue weighted by molar-refractivity contribution is 7.22. The maximum atomic E-state index is 13.1. The minimum Gasteiger partial charge on any atom is -0.482 e. The average Bonchev–Trinajstić information content (AvgIpc) is 3.11. The lowest BCUT2D eigenvalue weighted by Gasteiger charge is -2.21. The minimum absolute atomic E-state index is 0.128. The zero-order valence-electron chi connectivity index (χ0n) is 17.5. The standard InChI is InChI=1S/C22H25Cl2N3O2S/c1-14-6-9-19-21(15(14)2)25-22(30-19)27(11-5-10-26(3)4)20(28)13-29-18-8-7-16(23)12-17(18)24/h6-9,12H,5,10-11,13H2,1-4H3. The van der Waals surface area contributed by atoms with Gasteiger partial charge in [-0.1, -0.05) is 40.6 Å². The van der Waals surface area contributed by atoms with Gasteiger partial charge in [-0.2, -0.15) is 0 Å². The third-order valence-corrected chi connectivity index (χ3v) is 6.41. The number of carbonyl (C=O) groups is 1. The number of nitrogens with zero attached hydrogens (tertiary/aromatic N) is 3. The van der Waals surface area contributed by atoms with Crippen LogP contribution in [0.3, 0.4) is 0 Å². The van der Waals surface area contributed by atoms with E-state index in [1.54, 1.807) is 23.1 Å². The molecule has 30 heavy (non-hydrogen) atoms. The first-order valence-corrected chi connectivity index (χ1v) is 11.2. The van der Waals surface area contributed by atoms with Crippen LogP contribution in [0.2, 0.25) is 10.0 Å². The van der Waals surface area contributed by atoms with E-state index in [2.05, 4.69) is 30.9 Å². The van der Waals surface area contributed by atoms with Gasteiger partial charge in [0, 0.05) is 11.6 Å². The van der Waals surface area contributed by atoms with E-state index in [-0.39, 0.29) is 12.5 Å². The van der Waals surface area contributed by atoms with Crippen molar-refractivity contribution in [1.82, 2.24) is 9.88 Å². The molecule has 1 aromatic heterocycles. The number of fused-ring (bicyclic) bond motifs is 1. The first-order chi connectivity index (χ1) is 14.3. The first kappa shape index (κ1) is 22.8. The number of ether oxygens (including phenoxy) is 1. The van der Waals surface area contributed by atoms with Gasteiger partial charge < -0.3 is 9.64 Å². The zero-order chi connectivity index (χ0) is 21.8. The number of hydrogen-bond donors (Lipinski definition) is 0. The Morgan fingerprint density at radius 3 is 2.60 bits per heavy atom. The van der Waals surface area contributed by atoms with Crippen LogP contribution in [0, 0.1) is 13.8 Å². The molecule has 0 atom stereocenters. The Labute approximate surface area is 191 Å². The van der Waals surface area contributed by atoms with Gasteiger partial charge in [-0.05, 0) is 76.3 Å². The van der Waals surface area contributed by atoms with Crippen molar-refractivity contribution in [3.63, 3.8) is 0 Å². The van der Waals surface area contributed by atoms with E-state index in [1.165, 1.54) is 16.9 Å². The van der Waals surface area contributed by atoms with Crippen molar-refractivity contribution in [3.05, 3.63) is 51.5 Å². The van der Waals surface area contributed by atoms with Gasteiger partial charge in [-0.15, -0.1) is 0 Å². The molecule has 0 unspecified atom stereocenters. The molecular formula is C22H25Cl2N3O2S. The van der Waals surface area contributed by atoms with Gasteiger partial charge in [0.05, 0.1) is 15.2 Å². The number of thiazole rings is 1. The number of aromatic nitrogens is 1. The Hall–Kier alpha value is -1.86. The summed E-state index contributed by atoms with van der Waals surface area (Å²) in [6.07, 6.45) is 0.828. The van der Waals surface area contributed by atoms with Crippen LogP contribution >= 0.6 is 34.5 Å². The van der Waals surface area contributed by atoms with Gasteiger partial charge in [0.25, 0.3) is 5.91 Å². The molecule has 1 heterocycles. The molecule has 0 fully saturated rings. The summed E-state index contributed by atoms with van der Waals surface area (Å²) in [5, 5.41) is 1.58. The van der Waals surface area contributed by atoms with Crippen molar-refractivity contribution in [2.45, 2.75) is 20.3 Å². The van der Waals surface area contributed by atoms with Gasteiger partial charge in [0.15, 0.2) is 11.7 Å². The highest BCUT2D eigenvalue weighted by Crippen LogP contribution is 2.32. The molecule has 0 radical (unpaired) electrons. The fourth-order valence-electron chi connectivity index (χ4n) is 3.01. The number of hydrogen-bond acceptors (Lipinski definition) is 5. The summed E-state index contributed by atoms with van der Waals surface area (Å²) >= 11 is 13.6. The fraction of sp³-hybridized carbons (Fsp3) is 0.364. The zero-order valence-corrected chi connectivity index (χ0v) is 19.9. The largest absolute Gasteiger partial charge is 0.482 e. The Kier molecular flexibility index (Phi) is 7.58. The molecule has 0 aliphatic heterocycles. The van der Waals surface area contributed by atoms with Crippen LogP contribution in [0.25, 0.3) is 10.2 Å². The highest BCUT2D eigenvalue weighted by atomic mass is 35.5. The number of halogens is 2. The second kappa shape index (κ2) is 9.96. The van der Waals surface area contributed by atoms with Crippen LogP contribution in [0.15, 0.2) is 30.3 Å². The second-order valence-electron chi connectivity index (χ2n) is 7.42. The minimum atomic E-state index is -0.159. The van der Waals surface area contributed by atoms with Gasteiger partial charge in [0.2, 0.25) is 0 Å². The smallest absolute Gasteiger partial charge is 0.266 e. The molecule has 0 bridgehead atoms. The molecule has 0 spiro atoms. The van der Waals surface area contributed by atoms with E-state index in [0.29, 0.717) is 27.5 Å². The normalized spacial score (nSPS) is 11.3. The van der Waals surface area contributed by atoms with Crippen molar-refractivity contribution in [1.29, 1.82) is 0 Å². The van der Waals surface area contributed by atoms with Crippen LogP contribution in [-0.2, 0) is 4.79 Å². The van der Waals surface area contributed by atoms with Crippen LogP contribution in [0.5, 0.6) is 5.75 Å². The number of rotatable bonds is 8. The quantitative estimate of drug-likeness (QED) is 0.435. The molecule has 0 saturated carbocycles. The molecule has 5 nitrogen and oxygen atoms in total. The maximum absolute atomic E-state index is 13.1. The summed E-state index contributed by atoms with van der Waals surface area (Å²) in [5.41, 5.74) is 3.27. The molecule has 8 heteroatoms. The maximum Gasteiger partial charge on any atom is 0.266 e. The summed E-state index contributed by atoms with van der Waals surface area (Å²) in [7, 11) is 4.03. The van der Waals surface area contributed by atoms with Gasteiger partial charge in [-0.3, -0.25) is 9.69 Å². The lowest BCUT2D eigenvalue weighted by atomic mass is 10.1. The van der Waals surface area contributed by atoms with Gasteiger partial charge >= 0.3 is 0 Å². The summed E-state index contributed by atoms with van der Waals surface area (Å²) in [6, 6.07) is 9.09. The topological polar surface area (TPSA) is 45.7 Å². The Bertz CT molecular complexity index is 1050. The van der Waals surface area contributed by atoms with E-state index < -0.39 is 0 Å². The van der Waals surface area contributed by atoms with Crippen LogP contribution in [0.4, 0.5) is 5.13 Å². The molecule has 2 aromatic carbocycles. The van der Waals surface area contributed by atoms with Crippen LogP contribution < -0.4 is 9.64 Å². The highest BCUT2D eigenvalue weighted by Gasteiger charge is 2.21. The molecule has 1 amide bonds. The monoisotopic (exact) mass is 465 g/mol. The fourth-order valence-corrected chi connectivity index (χ4v) is 4.54. The Balaban J connectivity index is 1.82. The Morgan fingerprint density at radius 2 is 1.90 bits per heavy atom. The molecule has 3 aromatic rings. The predicted octanol–water partition coefficient (Wildman–Crippen LogP) is 5.58. The second-order valence-corrected chi connectivity index (χ2v) is 9.27. The van der Waals surface area contributed by atoms with Crippen LogP contribution in [-0.4, -0.2) is 49.6 Å². The van der Waals surface area contributed by atoms with E-state index in [9.17, 15) is 4.79 Å². The summed E-state index contributed by atoms with van der Waals surface area (Å²) in [4.78, 5) is 21.7. The van der Waals surface area contributed by atoms with E-state index in [4.69, 9.17) is 32.9 Å². The van der Waals surface area contributed by atoms with E-state index >= 15 is 0 Å². The molecule has 0 saturated heterocycles. The number of amides is 1. The molecule has 3 rings (SSSR count). The summed E-state index contributed by atoms with van der Waals surface area (Å²) < 4.78 is 6.75. The molecular weight excluding hydrogens is 441 g/mol. The van der Waals surface area contributed by atoms with E-state index in [1.807, 2.05) is 14.1 Å². The number of aryl methyl sites for hydroxylation is 2. The molecule has 0 N–H and O–H groups in total. The average molecular weight is 466 g/mol. The lowest BCUT2D eigenvalue weighted by molar-refractivity contribution is -0.120.